The van der Waals surface area contributed by atoms with Crippen LogP contribution in [0.3, 0.4) is 0 Å². The van der Waals surface area contributed by atoms with E-state index < -0.39 is 16.0 Å². The normalized spacial score (nSPS) is 11.7. The Hall–Kier alpha value is -2.19. The Morgan fingerprint density at radius 2 is 1.90 bits per heavy atom. The van der Waals surface area contributed by atoms with Crippen molar-refractivity contribution < 1.29 is 18.3 Å². The summed E-state index contributed by atoms with van der Waals surface area (Å²) in [6, 6.07) is 9.34. The summed E-state index contributed by atoms with van der Waals surface area (Å²) in [4.78, 5) is 13.6. The van der Waals surface area contributed by atoms with Crippen LogP contribution in [0.1, 0.15) is 20.1 Å². The van der Waals surface area contributed by atoms with Crippen LogP contribution in [0.4, 0.5) is 0 Å². The molecular weight excluding hydrogens is 312 g/mol. The van der Waals surface area contributed by atoms with E-state index in [-0.39, 0.29) is 9.77 Å². The standard InChI is InChI=1S/C13H12N2O4S2/c1-9-2-5-11(6-3-9)21(18,19)15-14-8-10-4-7-12(20-10)13(16)17/h2-8,15H,1H3,(H,16,17)/b14-8+. The van der Waals surface area contributed by atoms with Gasteiger partial charge in [0, 0.05) is 4.88 Å². The van der Waals surface area contributed by atoms with Crippen LogP contribution in [0.2, 0.25) is 0 Å². The predicted octanol–water partition coefficient (Wildman–Crippen LogP) is 2.07. The van der Waals surface area contributed by atoms with E-state index in [0.29, 0.717) is 4.88 Å². The number of aryl methyl sites for hydroxylation is 1. The maximum absolute atomic E-state index is 11.9. The number of benzene rings is 1. The van der Waals surface area contributed by atoms with Crippen LogP contribution < -0.4 is 4.83 Å². The number of hydrogen-bond donors (Lipinski definition) is 2. The van der Waals surface area contributed by atoms with Gasteiger partial charge in [-0.25, -0.2) is 9.63 Å². The molecule has 0 saturated heterocycles. The lowest BCUT2D eigenvalue weighted by Gasteiger charge is -2.02. The Bertz CT molecular complexity index is 777. The fourth-order valence-electron chi connectivity index (χ4n) is 1.47. The van der Waals surface area contributed by atoms with Crippen LogP contribution in [-0.2, 0) is 10.0 Å². The second kappa shape index (κ2) is 6.06. The third-order valence-corrected chi connectivity index (χ3v) is 4.78. The second-order valence-electron chi connectivity index (χ2n) is 4.17. The zero-order chi connectivity index (χ0) is 15.5. The summed E-state index contributed by atoms with van der Waals surface area (Å²) in [5.41, 5.74) is 0.956. The van der Waals surface area contributed by atoms with Crippen molar-refractivity contribution in [1.82, 2.24) is 4.83 Å². The molecule has 21 heavy (non-hydrogen) atoms. The van der Waals surface area contributed by atoms with Gasteiger partial charge in [-0.2, -0.15) is 13.5 Å². The zero-order valence-corrected chi connectivity index (χ0v) is 12.6. The highest BCUT2D eigenvalue weighted by molar-refractivity contribution is 7.89. The number of carbonyl (C=O) groups is 1. The van der Waals surface area contributed by atoms with E-state index in [1.807, 2.05) is 6.92 Å². The highest BCUT2D eigenvalue weighted by atomic mass is 32.2. The summed E-state index contributed by atoms with van der Waals surface area (Å²) >= 11 is 1.01. The third kappa shape index (κ3) is 3.89. The van der Waals surface area contributed by atoms with Gasteiger partial charge in [0.2, 0.25) is 0 Å². The molecule has 0 radical (unpaired) electrons. The molecule has 0 amide bonds. The number of rotatable bonds is 5. The van der Waals surface area contributed by atoms with Crippen molar-refractivity contribution in [2.75, 3.05) is 0 Å². The van der Waals surface area contributed by atoms with E-state index >= 15 is 0 Å². The first-order chi connectivity index (χ1) is 9.88. The number of thiophene rings is 1. The summed E-state index contributed by atoms with van der Waals surface area (Å²) in [5, 5.41) is 12.4. The van der Waals surface area contributed by atoms with Gasteiger partial charge in [0.25, 0.3) is 10.0 Å². The highest BCUT2D eigenvalue weighted by Gasteiger charge is 2.12. The molecule has 1 aromatic heterocycles. The Morgan fingerprint density at radius 3 is 2.48 bits per heavy atom. The first-order valence-electron chi connectivity index (χ1n) is 5.83. The number of hydrogen-bond acceptors (Lipinski definition) is 5. The molecule has 0 fully saturated rings. The van der Waals surface area contributed by atoms with Crippen molar-refractivity contribution in [2.45, 2.75) is 11.8 Å². The quantitative estimate of drug-likeness (QED) is 0.650. The molecule has 2 aromatic rings. The molecule has 0 bridgehead atoms. The molecular formula is C13H12N2O4S2. The molecule has 0 unspecified atom stereocenters. The minimum absolute atomic E-state index is 0.114. The molecule has 8 heteroatoms. The van der Waals surface area contributed by atoms with Gasteiger partial charge in [-0.05, 0) is 31.2 Å². The smallest absolute Gasteiger partial charge is 0.345 e. The van der Waals surface area contributed by atoms with E-state index in [1.54, 1.807) is 18.2 Å². The lowest BCUT2D eigenvalue weighted by molar-refractivity contribution is 0.0702. The van der Waals surface area contributed by atoms with Gasteiger partial charge in [-0.1, -0.05) is 17.7 Å². The molecule has 0 saturated carbocycles. The summed E-state index contributed by atoms with van der Waals surface area (Å²) in [7, 11) is -3.72. The number of carboxylic acids is 1. The van der Waals surface area contributed by atoms with Crippen LogP contribution in [0.15, 0.2) is 46.4 Å². The van der Waals surface area contributed by atoms with E-state index in [4.69, 9.17) is 5.11 Å². The maximum Gasteiger partial charge on any atom is 0.345 e. The van der Waals surface area contributed by atoms with Crippen LogP contribution >= 0.6 is 11.3 Å². The monoisotopic (exact) mass is 324 g/mol. The number of nitrogens with one attached hydrogen (secondary N) is 1. The molecule has 6 nitrogen and oxygen atoms in total. The molecule has 0 aliphatic heterocycles. The Morgan fingerprint density at radius 1 is 1.24 bits per heavy atom. The topological polar surface area (TPSA) is 95.8 Å². The van der Waals surface area contributed by atoms with E-state index in [1.165, 1.54) is 24.4 Å². The van der Waals surface area contributed by atoms with Gasteiger partial charge in [0.05, 0.1) is 11.1 Å². The van der Waals surface area contributed by atoms with Gasteiger partial charge in [0.15, 0.2) is 0 Å². The summed E-state index contributed by atoms with van der Waals surface area (Å²) in [6.45, 7) is 1.86. The van der Waals surface area contributed by atoms with Gasteiger partial charge >= 0.3 is 5.97 Å². The Labute approximate surface area is 125 Å². The van der Waals surface area contributed by atoms with E-state index in [9.17, 15) is 13.2 Å². The number of nitrogens with zero attached hydrogens (tertiary/aromatic N) is 1. The fraction of sp³-hybridized carbons (Fsp3) is 0.0769. The van der Waals surface area contributed by atoms with E-state index in [0.717, 1.165) is 16.9 Å². The fourth-order valence-corrected chi connectivity index (χ4v) is 2.98. The second-order valence-corrected chi connectivity index (χ2v) is 6.95. The van der Waals surface area contributed by atoms with Crippen LogP contribution in [-0.4, -0.2) is 25.7 Å². The first kappa shape index (κ1) is 15.2. The van der Waals surface area contributed by atoms with Crippen LogP contribution in [0.25, 0.3) is 0 Å². The highest BCUT2D eigenvalue weighted by Crippen LogP contribution is 2.14. The van der Waals surface area contributed by atoms with Gasteiger partial charge in [-0.3, -0.25) is 0 Å². The minimum Gasteiger partial charge on any atom is -0.477 e. The summed E-state index contributed by atoms with van der Waals surface area (Å²) < 4.78 is 23.9. The molecule has 2 rings (SSSR count). The summed E-state index contributed by atoms with van der Waals surface area (Å²) in [5.74, 6) is -1.03. The molecule has 0 aliphatic carbocycles. The lowest BCUT2D eigenvalue weighted by atomic mass is 10.2. The van der Waals surface area contributed by atoms with E-state index in [2.05, 4.69) is 9.93 Å². The molecule has 1 heterocycles. The number of sulfonamides is 1. The minimum atomic E-state index is -3.72. The van der Waals surface area contributed by atoms with Crippen LogP contribution in [0.5, 0.6) is 0 Å². The Kier molecular flexibility index (Phi) is 4.39. The predicted molar refractivity (Wildman–Crippen MR) is 80.4 cm³/mol. The first-order valence-corrected chi connectivity index (χ1v) is 8.13. The van der Waals surface area contributed by atoms with Gasteiger partial charge < -0.3 is 5.11 Å². The number of aromatic carboxylic acids is 1. The van der Waals surface area contributed by atoms with Crippen molar-refractivity contribution in [3.8, 4) is 0 Å². The van der Waals surface area contributed by atoms with Crippen molar-refractivity contribution in [3.63, 3.8) is 0 Å². The van der Waals surface area contributed by atoms with Gasteiger partial charge in [-0.15, -0.1) is 11.3 Å². The number of hydrazone groups is 1. The zero-order valence-electron chi connectivity index (χ0n) is 11.0. The molecule has 0 spiro atoms. The molecule has 0 aliphatic rings. The maximum atomic E-state index is 11.9. The van der Waals surface area contributed by atoms with Crippen molar-refractivity contribution in [3.05, 3.63) is 51.7 Å². The third-order valence-electron chi connectivity index (χ3n) is 2.53. The molecule has 110 valence electrons. The molecule has 2 N–H and O–H groups in total. The molecule has 1 aromatic carbocycles. The largest absolute Gasteiger partial charge is 0.477 e. The Balaban J connectivity index is 2.08. The SMILES string of the molecule is Cc1ccc(S(=O)(=O)N/N=C/c2ccc(C(=O)O)s2)cc1. The van der Waals surface area contributed by atoms with Crippen molar-refractivity contribution in [1.29, 1.82) is 0 Å². The average molecular weight is 324 g/mol. The van der Waals surface area contributed by atoms with Gasteiger partial charge in [0.1, 0.15) is 4.88 Å². The summed E-state index contributed by atoms with van der Waals surface area (Å²) in [6.07, 6.45) is 1.27. The lowest BCUT2D eigenvalue weighted by Crippen LogP contribution is -2.18. The van der Waals surface area contributed by atoms with Crippen molar-refractivity contribution >= 4 is 33.5 Å². The van der Waals surface area contributed by atoms with Crippen molar-refractivity contribution in [2.24, 2.45) is 5.10 Å². The average Bonchev–Trinajstić information content (AvgIpc) is 2.88. The molecule has 0 atom stereocenters. The number of carboxylic acid groups (broad SMARTS) is 1. The van der Waals surface area contributed by atoms with Crippen LogP contribution in [0, 0.1) is 6.92 Å².